The minimum Gasteiger partial charge on any atom is -0.348 e. The molecule has 1 aliphatic rings. The van der Waals surface area contributed by atoms with Crippen molar-refractivity contribution in [3.8, 4) is 0 Å². The summed E-state index contributed by atoms with van der Waals surface area (Å²) in [5, 5.41) is 2.68. The molecule has 1 fully saturated rings. The molecule has 1 aromatic heterocycles. The van der Waals surface area contributed by atoms with Gasteiger partial charge in [0.2, 0.25) is 5.95 Å². The van der Waals surface area contributed by atoms with E-state index in [9.17, 15) is 9.18 Å². The molecule has 7 heteroatoms. The second kappa shape index (κ2) is 7.35. The number of anilines is 1. The first-order chi connectivity index (χ1) is 11.6. The van der Waals surface area contributed by atoms with Crippen molar-refractivity contribution in [3.63, 3.8) is 0 Å². The maximum Gasteiger partial charge on any atom is 0.254 e. The molecule has 24 heavy (non-hydrogen) atoms. The van der Waals surface area contributed by atoms with E-state index in [2.05, 4.69) is 32.1 Å². The first-order valence-corrected chi connectivity index (χ1v) is 7.90. The van der Waals surface area contributed by atoms with Crippen LogP contribution in [-0.4, -0.2) is 54.0 Å². The number of rotatable bonds is 4. The fourth-order valence-electron chi connectivity index (χ4n) is 2.53. The van der Waals surface area contributed by atoms with Gasteiger partial charge in [0.05, 0.1) is 5.56 Å². The lowest BCUT2D eigenvalue weighted by Crippen LogP contribution is -2.45. The maximum atomic E-state index is 13.5. The first-order valence-electron chi connectivity index (χ1n) is 7.90. The van der Waals surface area contributed by atoms with Crippen LogP contribution >= 0.6 is 0 Å². The molecule has 3 rings (SSSR count). The predicted octanol–water partition coefficient (Wildman–Crippen LogP) is 1.30. The molecule has 0 saturated carbocycles. The average molecular weight is 329 g/mol. The van der Waals surface area contributed by atoms with Crippen molar-refractivity contribution in [2.45, 2.75) is 6.54 Å². The van der Waals surface area contributed by atoms with E-state index in [-0.39, 0.29) is 18.3 Å². The molecular formula is C17H20FN5O. The lowest BCUT2D eigenvalue weighted by atomic mass is 10.2. The van der Waals surface area contributed by atoms with Crippen LogP contribution in [0.2, 0.25) is 0 Å². The van der Waals surface area contributed by atoms with Gasteiger partial charge in [-0.15, -0.1) is 0 Å². The fourth-order valence-corrected chi connectivity index (χ4v) is 2.53. The third-order valence-electron chi connectivity index (χ3n) is 4.08. The van der Waals surface area contributed by atoms with Gasteiger partial charge in [-0.3, -0.25) is 4.79 Å². The molecular weight excluding hydrogens is 309 g/mol. The summed E-state index contributed by atoms with van der Waals surface area (Å²) in [5.41, 5.74) is 0.810. The summed E-state index contributed by atoms with van der Waals surface area (Å²) < 4.78 is 13.5. The van der Waals surface area contributed by atoms with Crippen LogP contribution in [0.15, 0.2) is 36.7 Å². The molecule has 0 spiro atoms. The van der Waals surface area contributed by atoms with Gasteiger partial charge in [0.1, 0.15) is 5.82 Å². The molecule has 1 aliphatic heterocycles. The molecule has 0 bridgehead atoms. The summed E-state index contributed by atoms with van der Waals surface area (Å²) in [6.07, 6.45) is 3.02. The Kier molecular flexibility index (Phi) is 5.00. The first kappa shape index (κ1) is 16.3. The van der Waals surface area contributed by atoms with Gasteiger partial charge < -0.3 is 15.1 Å². The van der Waals surface area contributed by atoms with Gasteiger partial charge in [0, 0.05) is 50.7 Å². The normalized spacial score (nSPS) is 15.3. The molecule has 1 saturated heterocycles. The molecule has 1 aromatic carbocycles. The van der Waals surface area contributed by atoms with E-state index in [1.807, 2.05) is 0 Å². The van der Waals surface area contributed by atoms with E-state index in [1.54, 1.807) is 18.2 Å². The van der Waals surface area contributed by atoms with Crippen LogP contribution in [0.5, 0.6) is 0 Å². The van der Waals surface area contributed by atoms with Crippen LogP contribution in [0.1, 0.15) is 15.9 Å². The van der Waals surface area contributed by atoms with Crippen LogP contribution in [0.4, 0.5) is 10.3 Å². The highest BCUT2D eigenvalue weighted by Gasteiger charge is 2.17. The largest absolute Gasteiger partial charge is 0.348 e. The highest BCUT2D eigenvalue weighted by atomic mass is 19.1. The second-order valence-corrected chi connectivity index (χ2v) is 5.84. The Morgan fingerprint density at radius 1 is 1.17 bits per heavy atom. The Labute approximate surface area is 140 Å². The Balaban J connectivity index is 1.59. The molecule has 2 heterocycles. The lowest BCUT2D eigenvalue weighted by Gasteiger charge is -2.32. The number of benzene rings is 1. The van der Waals surface area contributed by atoms with E-state index < -0.39 is 0 Å². The SMILES string of the molecule is CN1CCN(c2ncc(C(=O)NCc3ccccc3F)cn2)CC1. The molecule has 0 radical (unpaired) electrons. The van der Waals surface area contributed by atoms with E-state index in [0.29, 0.717) is 17.1 Å². The van der Waals surface area contributed by atoms with E-state index >= 15 is 0 Å². The van der Waals surface area contributed by atoms with Crippen LogP contribution in [-0.2, 0) is 6.54 Å². The molecule has 1 N–H and O–H groups in total. The number of carbonyl (C=O) groups excluding carboxylic acids is 1. The van der Waals surface area contributed by atoms with Crippen molar-refractivity contribution in [2.75, 3.05) is 38.1 Å². The smallest absolute Gasteiger partial charge is 0.254 e. The van der Waals surface area contributed by atoms with Gasteiger partial charge in [-0.25, -0.2) is 14.4 Å². The standard InChI is InChI=1S/C17H20FN5O/c1-22-6-8-23(9-7-22)17-20-11-14(12-21-17)16(24)19-10-13-4-2-3-5-15(13)18/h2-5,11-12H,6-10H2,1H3,(H,19,24). The van der Waals surface area contributed by atoms with Crippen molar-refractivity contribution < 1.29 is 9.18 Å². The molecule has 0 atom stereocenters. The molecule has 0 unspecified atom stereocenters. The van der Waals surface area contributed by atoms with Crippen LogP contribution in [0.25, 0.3) is 0 Å². The van der Waals surface area contributed by atoms with Gasteiger partial charge >= 0.3 is 0 Å². The fraction of sp³-hybridized carbons (Fsp3) is 0.353. The van der Waals surface area contributed by atoms with Crippen LogP contribution < -0.4 is 10.2 Å². The summed E-state index contributed by atoms with van der Waals surface area (Å²) >= 11 is 0. The quantitative estimate of drug-likeness (QED) is 0.916. The summed E-state index contributed by atoms with van der Waals surface area (Å²) in [6.45, 7) is 3.80. The molecule has 126 valence electrons. The molecule has 2 aromatic rings. The van der Waals surface area contributed by atoms with Crippen molar-refractivity contribution >= 4 is 11.9 Å². The van der Waals surface area contributed by atoms with Crippen molar-refractivity contribution in [1.29, 1.82) is 0 Å². The number of carbonyl (C=O) groups is 1. The van der Waals surface area contributed by atoms with E-state index in [0.717, 1.165) is 26.2 Å². The number of aromatic nitrogens is 2. The average Bonchev–Trinajstić information content (AvgIpc) is 2.62. The van der Waals surface area contributed by atoms with E-state index in [4.69, 9.17) is 0 Å². The van der Waals surface area contributed by atoms with Gasteiger partial charge in [-0.1, -0.05) is 18.2 Å². The topological polar surface area (TPSA) is 61.4 Å². The Morgan fingerprint density at radius 2 is 1.83 bits per heavy atom. The number of likely N-dealkylation sites (N-methyl/N-ethyl adjacent to an activating group) is 1. The van der Waals surface area contributed by atoms with Gasteiger partial charge in [-0.05, 0) is 13.1 Å². The monoisotopic (exact) mass is 329 g/mol. The number of hydrogen-bond donors (Lipinski definition) is 1. The number of amides is 1. The Hall–Kier alpha value is -2.54. The van der Waals surface area contributed by atoms with Gasteiger partial charge in [-0.2, -0.15) is 0 Å². The third-order valence-corrected chi connectivity index (χ3v) is 4.08. The Morgan fingerprint density at radius 3 is 2.50 bits per heavy atom. The number of hydrogen-bond acceptors (Lipinski definition) is 5. The zero-order valence-electron chi connectivity index (χ0n) is 13.6. The third kappa shape index (κ3) is 3.86. The summed E-state index contributed by atoms with van der Waals surface area (Å²) in [6, 6.07) is 6.36. The molecule has 0 aliphatic carbocycles. The van der Waals surface area contributed by atoms with Crippen molar-refractivity contribution in [1.82, 2.24) is 20.2 Å². The van der Waals surface area contributed by atoms with Crippen LogP contribution in [0.3, 0.4) is 0 Å². The number of piperazine rings is 1. The zero-order valence-corrected chi connectivity index (χ0v) is 13.6. The summed E-state index contributed by atoms with van der Waals surface area (Å²) in [4.78, 5) is 25.0. The minimum atomic E-state index is -0.334. The van der Waals surface area contributed by atoms with Crippen molar-refractivity contribution in [2.24, 2.45) is 0 Å². The highest BCUT2D eigenvalue weighted by Crippen LogP contribution is 2.10. The second-order valence-electron chi connectivity index (χ2n) is 5.84. The maximum absolute atomic E-state index is 13.5. The summed E-state index contributed by atoms with van der Waals surface area (Å²) in [5.74, 6) is -0.0172. The predicted molar refractivity (Wildman–Crippen MR) is 89.3 cm³/mol. The van der Waals surface area contributed by atoms with Gasteiger partial charge in [0.15, 0.2) is 0 Å². The van der Waals surface area contributed by atoms with Crippen LogP contribution in [0, 0.1) is 5.82 Å². The molecule has 6 nitrogen and oxygen atoms in total. The van der Waals surface area contributed by atoms with Gasteiger partial charge in [0.25, 0.3) is 5.91 Å². The highest BCUT2D eigenvalue weighted by molar-refractivity contribution is 5.93. The molecule has 1 amide bonds. The summed E-state index contributed by atoms with van der Waals surface area (Å²) in [7, 11) is 2.08. The number of nitrogens with zero attached hydrogens (tertiary/aromatic N) is 4. The number of nitrogens with one attached hydrogen (secondary N) is 1. The minimum absolute atomic E-state index is 0.131. The van der Waals surface area contributed by atoms with E-state index in [1.165, 1.54) is 18.5 Å². The number of halogens is 1. The van der Waals surface area contributed by atoms with Crippen molar-refractivity contribution in [3.05, 3.63) is 53.6 Å². The zero-order chi connectivity index (χ0) is 16.9. The Bertz CT molecular complexity index is 698. The lowest BCUT2D eigenvalue weighted by molar-refractivity contribution is 0.0950.